The molecule has 0 bridgehead atoms. The fraction of sp³-hybridized carbons (Fsp3) is 0.240. The van der Waals surface area contributed by atoms with Crippen molar-refractivity contribution in [3.05, 3.63) is 101 Å². The van der Waals surface area contributed by atoms with Crippen LogP contribution in [0.3, 0.4) is 0 Å². The van der Waals surface area contributed by atoms with Crippen LogP contribution in [-0.4, -0.2) is 16.6 Å². The van der Waals surface area contributed by atoms with Gasteiger partial charge in [-0.05, 0) is 57.0 Å². The number of aromatic nitrogens is 1. The van der Waals surface area contributed by atoms with Crippen molar-refractivity contribution in [1.29, 1.82) is 0 Å². The molecule has 1 aromatic heterocycles. The van der Waals surface area contributed by atoms with E-state index in [-0.39, 0.29) is 11.7 Å². The van der Waals surface area contributed by atoms with Crippen molar-refractivity contribution in [2.75, 3.05) is 0 Å². The Morgan fingerprint density at radius 2 is 1.78 bits per heavy atom. The maximum atomic E-state index is 13.5. The molecule has 2 aromatic carbocycles. The molecule has 1 aliphatic rings. The lowest BCUT2D eigenvalue weighted by Gasteiger charge is -2.25. The molecule has 164 valence electrons. The lowest BCUT2D eigenvalue weighted by Crippen LogP contribution is -2.40. The van der Waals surface area contributed by atoms with Crippen LogP contribution in [-0.2, 0) is 9.53 Å². The fourth-order valence-electron chi connectivity index (χ4n) is 3.63. The highest BCUT2D eigenvalue weighted by Gasteiger charge is 2.33. The zero-order valence-corrected chi connectivity index (χ0v) is 19.8. The summed E-state index contributed by atoms with van der Waals surface area (Å²) in [5.41, 5.74) is 3.54. The van der Waals surface area contributed by atoms with Crippen molar-refractivity contribution < 1.29 is 9.53 Å². The third-order valence-electron chi connectivity index (χ3n) is 5.15. The SMILES string of the molecule is CC1=C(C(=O)OC(C)C)C(c2ccc(Cl)cc2)n2c(s/c(=C\c3ccc(C)cc3)c2=O)=N1. The molecule has 32 heavy (non-hydrogen) atoms. The number of hydrogen-bond acceptors (Lipinski definition) is 5. The molecule has 1 unspecified atom stereocenters. The van der Waals surface area contributed by atoms with Crippen LogP contribution in [0.2, 0.25) is 5.02 Å². The number of allylic oxidation sites excluding steroid dienone is 1. The largest absolute Gasteiger partial charge is 0.459 e. The van der Waals surface area contributed by atoms with Gasteiger partial charge in [0.1, 0.15) is 0 Å². The van der Waals surface area contributed by atoms with Crippen LogP contribution in [0.5, 0.6) is 0 Å². The summed E-state index contributed by atoms with van der Waals surface area (Å²) in [6, 6.07) is 14.5. The molecular formula is C25H23ClN2O3S. The highest BCUT2D eigenvalue weighted by Crippen LogP contribution is 2.31. The van der Waals surface area contributed by atoms with Gasteiger partial charge in [-0.1, -0.05) is 64.9 Å². The van der Waals surface area contributed by atoms with E-state index in [1.54, 1.807) is 37.5 Å². The molecule has 0 aliphatic carbocycles. The van der Waals surface area contributed by atoms with Crippen molar-refractivity contribution in [2.45, 2.75) is 39.8 Å². The first-order chi connectivity index (χ1) is 15.2. The first-order valence-corrected chi connectivity index (χ1v) is 11.5. The van der Waals surface area contributed by atoms with Crippen LogP contribution in [0.15, 0.2) is 69.6 Å². The number of benzene rings is 2. The van der Waals surface area contributed by atoms with Crippen LogP contribution in [0, 0.1) is 6.92 Å². The number of fused-ring (bicyclic) bond motifs is 1. The van der Waals surface area contributed by atoms with Gasteiger partial charge in [-0.2, -0.15) is 0 Å². The van der Waals surface area contributed by atoms with E-state index in [1.165, 1.54) is 11.3 Å². The van der Waals surface area contributed by atoms with Crippen molar-refractivity contribution in [3.8, 4) is 0 Å². The monoisotopic (exact) mass is 466 g/mol. The molecule has 0 saturated carbocycles. The Bertz CT molecular complexity index is 1380. The normalized spacial score (nSPS) is 16.2. The molecule has 1 aliphatic heterocycles. The van der Waals surface area contributed by atoms with E-state index in [0.29, 0.717) is 25.6 Å². The average molecular weight is 467 g/mol. The Balaban J connectivity index is 1.93. The summed E-state index contributed by atoms with van der Waals surface area (Å²) in [7, 11) is 0. The van der Waals surface area contributed by atoms with Crippen LogP contribution in [0.4, 0.5) is 0 Å². The summed E-state index contributed by atoms with van der Waals surface area (Å²) < 4.78 is 7.64. The number of carbonyl (C=O) groups excluding carboxylic acids is 1. The van der Waals surface area contributed by atoms with E-state index in [2.05, 4.69) is 4.99 Å². The van der Waals surface area contributed by atoms with Crippen molar-refractivity contribution in [2.24, 2.45) is 4.99 Å². The molecule has 5 nitrogen and oxygen atoms in total. The molecule has 0 saturated heterocycles. The van der Waals surface area contributed by atoms with Crippen LogP contribution in [0.25, 0.3) is 6.08 Å². The number of halogens is 1. The van der Waals surface area contributed by atoms with Gasteiger partial charge < -0.3 is 4.74 Å². The minimum absolute atomic E-state index is 0.198. The van der Waals surface area contributed by atoms with Crippen molar-refractivity contribution in [1.82, 2.24) is 4.57 Å². The number of nitrogens with zero attached hydrogens (tertiary/aromatic N) is 2. The molecule has 3 aromatic rings. The Kier molecular flexibility index (Phi) is 6.17. The zero-order chi connectivity index (χ0) is 23.0. The highest BCUT2D eigenvalue weighted by molar-refractivity contribution is 7.07. The second-order valence-corrected chi connectivity index (χ2v) is 9.44. The molecule has 0 spiro atoms. The first kappa shape index (κ1) is 22.2. The predicted octanol–water partition coefficient (Wildman–Crippen LogP) is 4.15. The summed E-state index contributed by atoms with van der Waals surface area (Å²) >= 11 is 7.40. The van der Waals surface area contributed by atoms with Gasteiger partial charge >= 0.3 is 5.97 Å². The summed E-state index contributed by atoms with van der Waals surface area (Å²) in [6.07, 6.45) is 1.56. The third kappa shape index (κ3) is 4.33. The number of aryl methyl sites for hydroxylation is 1. The second kappa shape index (κ2) is 8.88. The smallest absolute Gasteiger partial charge is 0.338 e. The van der Waals surface area contributed by atoms with E-state index in [0.717, 1.165) is 16.7 Å². The van der Waals surface area contributed by atoms with Crippen molar-refractivity contribution >= 4 is 35.0 Å². The van der Waals surface area contributed by atoms with Gasteiger partial charge in [0, 0.05) is 5.02 Å². The van der Waals surface area contributed by atoms with Gasteiger partial charge in [0.05, 0.1) is 27.9 Å². The molecule has 1 atom stereocenters. The molecule has 0 radical (unpaired) electrons. The predicted molar refractivity (Wildman–Crippen MR) is 128 cm³/mol. The lowest BCUT2D eigenvalue weighted by molar-refractivity contribution is -0.143. The number of esters is 1. The fourth-order valence-corrected chi connectivity index (χ4v) is 4.81. The van der Waals surface area contributed by atoms with Gasteiger partial charge in [-0.15, -0.1) is 0 Å². The number of carbonyl (C=O) groups is 1. The van der Waals surface area contributed by atoms with Gasteiger partial charge in [-0.3, -0.25) is 9.36 Å². The minimum Gasteiger partial charge on any atom is -0.459 e. The molecular weight excluding hydrogens is 444 g/mol. The highest BCUT2D eigenvalue weighted by atomic mass is 35.5. The maximum absolute atomic E-state index is 13.5. The van der Waals surface area contributed by atoms with E-state index in [1.807, 2.05) is 49.4 Å². The number of hydrogen-bond donors (Lipinski definition) is 0. The number of ether oxygens (including phenoxy) is 1. The Morgan fingerprint density at radius 3 is 2.41 bits per heavy atom. The van der Waals surface area contributed by atoms with Crippen molar-refractivity contribution in [3.63, 3.8) is 0 Å². The quantitative estimate of drug-likeness (QED) is 0.543. The van der Waals surface area contributed by atoms with E-state index in [4.69, 9.17) is 16.3 Å². The van der Waals surface area contributed by atoms with Crippen LogP contribution < -0.4 is 14.9 Å². The van der Waals surface area contributed by atoms with Crippen LogP contribution in [0.1, 0.15) is 43.5 Å². The van der Waals surface area contributed by atoms with E-state index >= 15 is 0 Å². The molecule has 7 heteroatoms. The molecule has 0 fully saturated rings. The number of thiazole rings is 1. The average Bonchev–Trinajstić information content (AvgIpc) is 3.03. The Hall–Kier alpha value is -2.96. The second-order valence-electron chi connectivity index (χ2n) is 8.00. The van der Waals surface area contributed by atoms with Gasteiger partial charge in [-0.25, -0.2) is 9.79 Å². The molecule has 0 N–H and O–H groups in total. The molecule has 4 rings (SSSR count). The summed E-state index contributed by atoms with van der Waals surface area (Å²) in [5, 5.41) is 0.576. The third-order valence-corrected chi connectivity index (χ3v) is 6.38. The Morgan fingerprint density at radius 1 is 1.12 bits per heavy atom. The summed E-state index contributed by atoms with van der Waals surface area (Å²) in [5.74, 6) is -0.478. The van der Waals surface area contributed by atoms with Gasteiger partial charge in [0.25, 0.3) is 5.56 Å². The number of rotatable bonds is 4. The standard InChI is InChI=1S/C25H23ClN2O3S/c1-14(2)31-24(30)21-16(4)27-25-28(22(21)18-9-11-19(26)12-10-18)23(29)20(32-25)13-17-7-5-15(3)6-8-17/h5-14,22H,1-4H3/b20-13-. The minimum atomic E-state index is -0.644. The summed E-state index contributed by atoms with van der Waals surface area (Å²) in [4.78, 5) is 31.7. The van der Waals surface area contributed by atoms with Crippen LogP contribution >= 0.6 is 22.9 Å². The zero-order valence-electron chi connectivity index (χ0n) is 18.3. The molecule has 2 heterocycles. The maximum Gasteiger partial charge on any atom is 0.338 e. The van der Waals surface area contributed by atoms with E-state index in [9.17, 15) is 9.59 Å². The van der Waals surface area contributed by atoms with Gasteiger partial charge in [0.15, 0.2) is 4.80 Å². The lowest BCUT2D eigenvalue weighted by atomic mass is 9.96. The topological polar surface area (TPSA) is 60.7 Å². The first-order valence-electron chi connectivity index (χ1n) is 10.3. The summed E-state index contributed by atoms with van der Waals surface area (Å²) in [6.45, 7) is 7.38. The van der Waals surface area contributed by atoms with E-state index < -0.39 is 12.0 Å². The van der Waals surface area contributed by atoms with Gasteiger partial charge in [0.2, 0.25) is 0 Å². The Labute approximate surface area is 195 Å². The molecule has 0 amide bonds.